The van der Waals surface area contributed by atoms with Gasteiger partial charge in [0, 0.05) is 12.3 Å². The number of hydrogen-bond donors (Lipinski definition) is 2. The number of nitrogens with zero attached hydrogens (tertiary/aromatic N) is 1. The van der Waals surface area contributed by atoms with Crippen LogP contribution in [-0.4, -0.2) is 16.7 Å². The molecule has 2 rings (SSSR count). The molecule has 17 heavy (non-hydrogen) atoms. The summed E-state index contributed by atoms with van der Waals surface area (Å²) in [6.45, 7) is 5.97. The van der Waals surface area contributed by atoms with E-state index in [0.717, 1.165) is 16.6 Å². The molecular formula is C12H16N2O3. The topological polar surface area (TPSA) is 81.5 Å². The molecule has 0 aliphatic rings. The third-order valence-electron chi connectivity index (χ3n) is 2.60. The summed E-state index contributed by atoms with van der Waals surface area (Å²) < 4.78 is 10.5. The van der Waals surface area contributed by atoms with E-state index in [1.807, 2.05) is 19.9 Å². The summed E-state index contributed by atoms with van der Waals surface area (Å²) >= 11 is 0. The van der Waals surface area contributed by atoms with Gasteiger partial charge in [-0.25, -0.2) is 4.98 Å². The van der Waals surface area contributed by atoms with Gasteiger partial charge in [0.05, 0.1) is 11.1 Å². The molecule has 0 saturated heterocycles. The Balaban J connectivity index is 2.60. The highest BCUT2D eigenvalue weighted by molar-refractivity contribution is 5.91. The van der Waals surface area contributed by atoms with E-state index in [1.165, 1.54) is 0 Å². The average molecular weight is 236 g/mol. The van der Waals surface area contributed by atoms with Gasteiger partial charge in [0.15, 0.2) is 5.76 Å². The molecule has 0 bridgehead atoms. The number of anilines is 1. The molecular weight excluding hydrogens is 220 g/mol. The van der Waals surface area contributed by atoms with Crippen LogP contribution in [0.3, 0.4) is 0 Å². The number of aromatic nitrogens is 1. The number of rotatable bonds is 3. The second kappa shape index (κ2) is 4.35. The van der Waals surface area contributed by atoms with E-state index in [9.17, 15) is 5.11 Å². The van der Waals surface area contributed by atoms with E-state index >= 15 is 0 Å². The lowest BCUT2D eigenvalue weighted by atomic mass is 10.1. The van der Waals surface area contributed by atoms with Crippen molar-refractivity contribution >= 4 is 16.8 Å². The number of nitrogens with two attached hydrogens (primary N) is 1. The Hall–Kier alpha value is -1.59. The Morgan fingerprint density at radius 2 is 2.24 bits per heavy atom. The summed E-state index contributed by atoms with van der Waals surface area (Å²) in [6.07, 6.45) is -1.14. The first-order valence-electron chi connectivity index (χ1n) is 5.50. The third-order valence-corrected chi connectivity index (χ3v) is 2.60. The maximum Gasteiger partial charge on any atom is 0.229 e. The average Bonchev–Trinajstić information content (AvgIpc) is 2.56. The number of nitrogen functional groups attached to an aromatic ring is 1. The number of furan rings is 1. The van der Waals surface area contributed by atoms with E-state index in [2.05, 4.69) is 4.98 Å². The minimum absolute atomic E-state index is 0.225. The summed E-state index contributed by atoms with van der Waals surface area (Å²) in [7, 11) is 0. The highest BCUT2D eigenvalue weighted by Gasteiger charge is 2.21. The van der Waals surface area contributed by atoms with Crippen LogP contribution in [-0.2, 0) is 4.74 Å². The summed E-state index contributed by atoms with van der Waals surface area (Å²) in [5.74, 6) is 0.225. The number of hydrogen-bond acceptors (Lipinski definition) is 5. The molecule has 2 aromatic rings. The van der Waals surface area contributed by atoms with Crippen LogP contribution in [0.15, 0.2) is 10.5 Å². The minimum atomic E-state index is -1.14. The number of aliphatic hydroxyl groups is 1. The smallest absolute Gasteiger partial charge is 0.229 e. The number of aliphatic hydroxyl groups excluding tert-OH is 1. The van der Waals surface area contributed by atoms with Gasteiger partial charge in [-0.05, 0) is 32.4 Å². The van der Waals surface area contributed by atoms with Crippen LogP contribution in [0.1, 0.15) is 30.2 Å². The van der Waals surface area contributed by atoms with Gasteiger partial charge in [0.1, 0.15) is 0 Å². The Morgan fingerprint density at radius 3 is 2.88 bits per heavy atom. The van der Waals surface area contributed by atoms with E-state index < -0.39 is 6.29 Å². The maximum atomic E-state index is 9.74. The summed E-state index contributed by atoms with van der Waals surface area (Å²) in [5.41, 5.74) is 8.60. The quantitative estimate of drug-likeness (QED) is 0.797. The van der Waals surface area contributed by atoms with Crippen LogP contribution in [0, 0.1) is 13.8 Å². The van der Waals surface area contributed by atoms with Crippen molar-refractivity contribution in [1.29, 1.82) is 0 Å². The lowest BCUT2D eigenvalue weighted by Crippen LogP contribution is -2.04. The molecule has 1 unspecified atom stereocenters. The van der Waals surface area contributed by atoms with Gasteiger partial charge >= 0.3 is 0 Å². The molecule has 0 spiro atoms. The van der Waals surface area contributed by atoms with E-state index in [1.54, 1.807) is 6.92 Å². The summed E-state index contributed by atoms with van der Waals surface area (Å²) in [5, 5.41) is 10.5. The molecule has 92 valence electrons. The van der Waals surface area contributed by atoms with Crippen LogP contribution in [0.25, 0.3) is 11.1 Å². The maximum absolute atomic E-state index is 9.74. The molecule has 0 aliphatic carbocycles. The lowest BCUT2D eigenvalue weighted by molar-refractivity contribution is -0.109. The van der Waals surface area contributed by atoms with Crippen molar-refractivity contribution in [3.8, 4) is 0 Å². The molecule has 5 heteroatoms. The second-order valence-electron chi connectivity index (χ2n) is 3.95. The molecule has 2 heterocycles. The van der Waals surface area contributed by atoms with Crippen LogP contribution in [0.2, 0.25) is 0 Å². The van der Waals surface area contributed by atoms with Crippen molar-refractivity contribution in [2.45, 2.75) is 27.1 Å². The summed E-state index contributed by atoms with van der Waals surface area (Å²) in [4.78, 5) is 4.25. The van der Waals surface area contributed by atoms with Crippen LogP contribution in [0.5, 0.6) is 0 Å². The molecule has 0 aromatic carbocycles. The van der Waals surface area contributed by atoms with Crippen LogP contribution >= 0.6 is 0 Å². The fraction of sp³-hybridized carbons (Fsp3) is 0.417. The van der Waals surface area contributed by atoms with E-state index in [-0.39, 0.29) is 5.76 Å². The van der Waals surface area contributed by atoms with Crippen molar-refractivity contribution in [2.24, 2.45) is 0 Å². The Labute approximate surface area is 99.2 Å². The zero-order valence-corrected chi connectivity index (χ0v) is 10.2. The number of pyridine rings is 1. The van der Waals surface area contributed by atoms with Crippen LogP contribution in [0.4, 0.5) is 5.69 Å². The first-order valence-corrected chi connectivity index (χ1v) is 5.50. The van der Waals surface area contributed by atoms with Gasteiger partial charge in [-0.1, -0.05) is 0 Å². The van der Waals surface area contributed by atoms with E-state index in [0.29, 0.717) is 18.0 Å². The van der Waals surface area contributed by atoms with Crippen molar-refractivity contribution in [1.82, 2.24) is 4.98 Å². The molecule has 5 nitrogen and oxygen atoms in total. The van der Waals surface area contributed by atoms with Gasteiger partial charge < -0.3 is 20.0 Å². The summed E-state index contributed by atoms with van der Waals surface area (Å²) in [6, 6.07) is 1.92. The molecule has 2 aromatic heterocycles. The van der Waals surface area contributed by atoms with Gasteiger partial charge in [-0.3, -0.25) is 0 Å². The first kappa shape index (κ1) is 11.9. The first-order chi connectivity index (χ1) is 8.04. The molecule has 0 saturated carbocycles. The largest absolute Gasteiger partial charge is 0.435 e. The van der Waals surface area contributed by atoms with Gasteiger partial charge in [0.25, 0.3) is 0 Å². The van der Waals surface area contributed by atoms with Crippen LogP contribution < -0.4 is 5.73 Å². The molecule has 0 radical (unpaired) electrons. The Kier molecular flexibility index (Phi) is 3.04. The van der Waals surface area contributed by atoms with Gasteiger partial charge in [0.2, 0.25) is 12.0 Å². The fourth-order valence-corrected chi connectivity index (χ4v) is 1.90. The molecule has 0 amide bonds. The number of aryl methyl sites for hydroxylation is 2. The highest BCUT2D eigenvalue weighted by Crippen LogP contribution is 2.34. The Bertz CT molecular complexity index is 548. The molecule has 0 aliphatic heterocycles. The normalized spacial score (nSPS) is 13.2. The predicted molar refractivity (Wildman–Crippen MR) is 64.5 cm³/mol. The van der Waals surface area contributed by atoms with Crippen molar-refractivity contribution in [3.63, 3.8) is 0 Å². The van der Waals surface area contributed by atoms with Crippen molar-refractivity contribution in [2.75, 3.05) is 12.3 Å². The Morgan fingerprint density at radius 1 is 1.53 bits per heavy atom. The number of fused-ring (bicyclic) bond motifs is 1. The zero-order valence-electron chi connectivity index (χ0n) is 10.2. The molecule has 1 atom stereocenters. The predicted octanol–water partition coefficient (Wildman–Crippen LogP) is 2.05. The minimum Gasteiger partial charge on any atom is -0.435 e. The van der Waals surface area contributed by atoms with E-state index in [4.69, 9.17) is 14.9 Å². The SMILES string of the molecule is CCOC(O)c1oc2nc(C)cc(C)c2c1N. The standard InChI is InChI=1S/C12H16N2O3/c1-4-16-12(15)10-9(13)8-6(2)5-7(3)14-11(8)17-10/h5,12,15H,4,13H2,1-3H3. The van der Waals surface area contributed by atoms with Crippen molar-refractivity contribution < 1.29 is 14.3 Å². The third kappa shape index (κ3) is 1.99. The highest BCUT2D eigenvalue weighted by atomic mass is 16.6. The second-order valence-corrected chi connectivity index (χ2v) is 3.95. The van der Waals surface area contributed by atoms with Gasteiger partial charge in [-0.2, -0.15) is 0 Å². The zero-order chi connectivity index (χ0) is 12.6. The lowest BCUT2D eigenvalue weighted by Gasteiger charge is -2.07. The molecule has 0 fully saturated rings. The molecule has 3 N–H and O–H groups in total. The monoisotopic (exact) mass is 236 g/mol. The number of ether oxygens (including phenoxy) is 1. The van der Waals surface area contributed by atoms with Crippen molar-refractivity contribution in [3.05, 3.63) is 23.1 Å². The fourth-order valence-electron chi connectivity index (χ4n) is 1.90. The van der Waals surface area contributed by atoms with Gasteiger partial charge in [-0.15, -0.1) is 0 Å².